The van der Waals surface area contributed by atoms with Crippen LogP contribution in [0.4, 0.5) is 0 Å². The van der Waals surface area contributed by atoms with E-state index in [1.807, 2.05) is 20.8 Å². The van der Waals surface area contributed by atoms with E-state index in [0.29, 0.717) is 5.92 Å². The lowest BCUT2D eigenvalue weighted by atomic mass is 9.99. The second-order valence-corrected chi connectivity index (χ2v) is 5.82. The van der Waals surface area contributed by atoms with E-state index in [4.69, 9.17) is 5.73 Å². The molecule has 1 amide bonds. The number of rotatable bonds is 5. The minimum atomic E-state index is -0.447. The molecule has 0 heterocycles. The minimum absolute atomic E-state index is 0.0153. The molecule has 3 nitrogen and oxygen atoms in total. The van der Waals surface area contributed by atoms with Gasteiger partial charge in [0.15, 0.2) is 0 Å². The van der Waals surface area contributed by atoms with Gasteiger partial charge in [0.05, 0.1) is 12.1 Å². The number of carbonyl (C=O) groups excluding carboxylic acids is 1. The average molecular weight is 262 g/mol. The lowest BCUT2D eigenvalue weighted by molar-refractivity contribution is -0.123. The van der Waals surface area contributed by atoms with Gasteiger partial charge in [-0.1, -0.05) is 52.0 Å². The fourth-order valence-corrected chi connectivity index (χ4v) is 1.87. The van der Waals surface area contributed by atoms with Crippen LogP contribution in [0.5, 0.6) is 0 Å². The van der Waals surface area contributed by atoms with Crippen molar-refractivity contribution < 1.29 is 4.79 Å². The third-order valence-electron chi connectivity index (χ3n) is 3.48. The highest BCUT2D eigenvalue weighted by molar-refractivity contribution is 5.82. The summed E-state index contributed by atoms with van der Waals surface area (Å²) in [4.78, 5) is 11.9. The van der Waals surface area contributed by atoms with Crippen LogP contribution in [0, 0.1) is 5.92 Å². The van der Waals surface area contributed by atoms with E-state index in [1.165, 1.54) is 5.56 Å². The molecule has 0 aliphatic carbocycles. The van der Waals surface area contributed by atoms with Crippen LogP contribution in [-0.4, -0.2) is 11.9 Å². The molecule has 0 saturated heterocycles. The molecule has 1 aromatic carbocycles. The van der Waals surface area contributed by atoms with Crippen LogP contribution >= 0.6 is 0 Å². The molecule has 0 saturated carbocycles. The second kappa shape index (κ2) is 6.71. The number of carbonyl (C=O) groups is 1. The predicted octanol–water partition coefficient (Wildman–Crippen LogP) is 2.97. The number of hydrogen-bond acceptors (Lipinski definition) is 2. The molecule has 1 aromatic rings. The van der Waals surface area contributed by atoms with Crippen molar-refractivity contribution in [3.8, 4) is 0 Å². The van der Waals surface area contributed by atoms with Crippen LogP contribution in [0.3, 0.4) is 0 Å². The van der Waals surface area contributed by atoms with Crippen molar-refractivity contribution in [2.24, 2.45) is 11.7 Å². The highest BCUT2D eigenvalue weighted by Crippen LogP contribution is 2.18. The van der Waals surface area contributed by atoms with Crippen molar-refractivity contribution in [2.75, 3.05) is 0 Å². The molecule has 106 valence electrons. The Morgan fingerprint density at radius 3 is 1.89 bits per heavy atom. The van der Waals surface area contributed by atoms with Crippen molar-refractivity contribution >= 4 is 5.91 Å². The normalized spacial score (nSPS) is 14.5. The molecule has 0 radical (unpaired) electrons. The summed E-state index contributed by atoms with van der Waals surface area (Å²) >= 11 is 0. The topological polar surface area (TPSA) is 55.1 Å². The Bertz CT molecular complexity index is 409. The Morgan fingerprint density at radius 2 is 1.47 bits per heavy atom. The lowest BCUT2D eigenvalue weighted by Gasteiger charge is -2.20. The number of hydrogen-bond donors (Lipinski definition) is 2. The van der Waals surface area contributed by atoms with Gasteiger partial charge in [0.1, 0.15) is 0 Å². The summed E-state index contributed by atoms with van der Waals surface area (Å²) in [5.41, 5.74) is 8.25. The van der Waals surface area contributed by atoms with E-state index in [1.54, 1.807) is 0 Å². The molecule has 0 spiro atoms. The van der Waals surface area contributed by atoms with Gasteiger partial charge in [0.2, 0.25) is 5.91 Å². The summed E-state index contributed by atoms with van der Waals surface area (Å²) in [5.74, 6) is 0.583. The standard InChI is InChI=1S/C16H26N2O/c1-10(2)13-6-8-14(9-7-13)12(5)18-16(19)15(17)11(3)4/h6-12,15H,17H2,1-5H3,(H,18,19)/t12?,15-/m0/s1. The van der Waals surface area contributed by atoms with Gasteiger partial charge in [-0.3, -0.25) is 4.79 Å². The Balaban J connectivity index is 2.68. The van der Waals surface area contributed by atoms with Crippen LogP contribution in [0.2, 0.25) is 0 Å². The first kappa shape index (κ1) is 15.7. The van der Waals surface area contributed by atoms with Crippen LogP contribution in [0.25, 0.3) is 0 Å². The largest absolute Gasteiger partial charge is 0.348 e. The van der Waals surface area contributed by atoms with E-state index in [9.17, 15) is 4.79 Å². The maximum absolute atomic E-state index is 11.9. The molecule has 0 fully saturated rings. The Morgan fingerprint density at radius 1 is 1.00 bits per heavy atom. The van der Waals surface area contributed by atoms with Crippen molar-refractivity contribution in [1.82, 2.24) is 5.32 Å². The number of nitrogens with one attached hydrogen (secondary N) is 1. The molecule has 1 unspecified atom stereocenters. The first-order valence-corrected chi connectivity index (χ1v) is 6.98. The third-order valence-corrected chi connectivity index (χ3v) is 3.48. The average Bonchev–Trinajstić information content (AvgIpc) is 2.37. The summed E-state index contributed by atoms with van der Waals surface area (Å²) in [6.45, 7) is 10.2. The Hall–Kier alpha value is -1.35. The minimum Gasteiger partial charge on any atom is -0.348 e. The smallest absolute Gasteiger partial charge is 0.237 e. The quantitative estimate of drug-likeness (QED) is 0.857. The molecule has 19 heavy (non-hydrogen) atoms. The molecule has 0 aliphatic heterocycles. The molecule has 0 aliphatic rings. The monoisotopic (exact) mass is 262 g/mol. The zero-order valence-electron chi connectivity index (χ0n) is 12.6. The van der Waals surface area contributed by atoms with Gasteiger partial charge < -0.3 is 11.1 Å². The second-order valence-electron chi connectivity index (χ2n) is 5.82. The van der Waals surface area contributed by atoms with Crippen LogP contribution in [0.1, 0.15) is 57.7 Å². The Labute approximate surface area is 116 Å². The van der Waals surface area contributed by atoms with Gasteiger partial charge in [0.25, 0.3) is 0 Å². The summed E-state index contributed by atoms with van der Waals surface area (Å²) in [6, 6.07) is 7.91. The lowest BCUT2D eigenvalue weighted by Crippen LogP contribution is -2.44. The molecule has 3 heteroatoms. The first-order chi connectivity index (χ1) is 8.82. The SMILES string of the molecule is CC(C)c1ccc(C(C)NC(=O)[C@@H](N)C(C)C)cc1. The maximum Gasteiger partial charge on any atom is 0.237 e. The molecule has 3 N–H and O–H groups in total. The zero-order valence-corrected chi connectivity index (χ0v) is 12.6. The van der Waals surface area contributed by atoms with E-state index >= 15 is 0 Å². The third kappa shape index (κ3) is 4.35. The fraction of sp³-hybridized carbons (Fsp3) is 0.562. The van der Waals surface area contributed by atoms with E-state index in [0.717, 1.165) is 5.56 Å². The number of nitrogens with two attached hydrogens (primary N) is 1. The highest BCUT2D eigenvalue weighted by atomic mass is 16.2. The molecular weight excluding hydrogens is 236 g/mol. The van der Waals surface area contributed by atoms with E-state index in [2.05, 4.69) is 43.4 Å². The summed E-state index contributed by atoms with van der Waals surface area (Å²) in [7, 11) is 0. The zero-order chi connectivity index (χ0) is 14.6. The van der Waals surface area contributed by atoms with E-state index in [-0.39, 0.29) is 17.9 Å². The molecular formula is C16H26N2O. The van der Waals surface area contributed by atoms with Gasteiger partial charge >= 0.3 is 0 Å². The molecule has 0 bridgehead atoms. The van der Waals surface area contributed by atoms with Crippen molar-refractivity contribution in [2.45, 2.75) is 52.6 Å². The van der Waals surface area contributed by atoms with Crippen molar-refractivity contribution in [3.05, 3.63) is 35.4 Å². The van der Waals surface area contributed by atoms with Crippen LogP contribution in [-0.2, 0) is 4.79 Å². The summed E-state index contributed by atoms with van der Waals surface area (Å²) in [6.07, 6.45) is 0. The molecule has 0 aromatic heterocycles. The van der Waals surface area contributed by atoms with Crippen molar-refractivity contribution in [1.29, 1.82) is 0 Å². The van der Waals surface area contributed by atoms with Gasteiger partial charge in [-0.05, 0) is 29.9 Å². The first-order valence-electron chi connectivity index (χ1n) is 6.98. The van der Waals surface area contributed by atoms with E-state index < -0.39 is 6.04 Å². The predicted molar refractivity (Wildman–Crippen MR) is 79.9 cm³/mol. The van der Waals surface area contributed by atoms with Gasteiger partial charge in [-0.25, -0.2) is 0 Å². The number of benzene rings is 1. The van der Waals surface area contributed by atoms with Crippen LogP contribution in [0.15, 0.2) is 24.3 Å². The number of amides is 1. The maximum atomic E-state index is 11.9. The fourth-order valence-electron chi connectivity index (χ4n) is 1.87. The molecule has 1 rings (SSSR count). The molecule has 2 atom stereocenters. The van der Waals surface area contributed by atoms with Gasteiger partial charge in [0, 0.05) is 0 Å². The van der Waals surface area contributed by atoms with Gasteiger partial charge in [-0.15, -0.1) is 0 Å². The summed E-state index contributed by atoms with van der Waals surface area (Å²) in [5, 5.41) is 2.96. The van der Waals surface area contributed by atoms with Crippen LogP contribution < -0.4 is 11.1 Å². The van der Waals surface area contributed by atoms with Gasteiger partial charge in [-0.2, -0.15) is 0 Å². The Kier molecular flexibility index (Phi) is 5.55. The summed E-state index contributed by atoms with van der Waals surface area (Å²) < 4.78 is 0. The van der Waals surface area contributed by atoms with Crippen molar-refractivity contribution in [3.63, 3.8) is 0 Å². The highest BCUT2D eigenvalue weighted by Gasteiger charge is 2.19.